The van der Waals surface area contributed by atoms with E-state index < -0.39 is 11.5 Å². The molecular formula is C17H22FNO. The van der Waals surface area contributed by atoms with Gasteiger partial charge in [0.1, 0.15) is 5.82 Å². The van der Waals surface area contributed by atoms with Crippen LogP contribution in [0.15, 0.2) is 18.2 Å². The first-order chi connectivity index (χ1) is 9.52. The van der Waals surface area contributed by atoms with E-state index in [-0.39, 0.29) is 5.82 Å². The summed E-state index contributed by atoms with van der Waals surface area (Å²) < 4.78 is 13.2. The fourth-order valence-corrected chi connectivity index (χ4v) is 3.29. The lowest BCUT2D eigenvalue weighted by molar-refractivity contribution is 0.0238. The molecule has 1 aromatic rings. The van der Waals surface area contributed by atoms with Crippen molar-refractivity contribution < 1.29 is 9.50 Å². The summed E-state index contributed by atoms with van der Waals surface area (Å²) in [6.45, 7) is 3.95. The van der Waals surface area contributed by atoms with Gasteiger partial charge in [0.2, 0.25) is 0 Å². The molecule has 1 aliphatic carbocycles. The molecule has 108 valence electrons. The highest BCUT2D eigenvalue weighted by Crippen LogP contribution is 2.48. The van der Waals surface area contributed by atoms with Gasteiger partial charge in [-0.3, -0.25) is 0 Å². The summed E-state index contributed by atoms with van der Waals surface area (Å²) in [4.78, 5) is 0. The summed E-state index contributed by atoms with van der Waals surface area (Å²) in [5.41, 5.74) is 0.682. The van der Waals surface area contributed by atoms with Gasteiger partial charge in [-0.05, 0) is 61.8 Å². The van der Waals surface area contributed by atoms with E-state index in [2.05, 4.69) is 13.0 Å². The molecule has 0 amide bonds. The van der Waals surface area contributed by atoms with Crippen LogP contribution in [-0.2, 0) is 0 Å². The largest absolute Gasteiger partial charge is 0.387 e. The van der Waals surface area contributed by atoms with Crippen LogP contribution >= 0.6 is 0 Å². The van der Waals surface area contributed by atoms with E-state index in [1.807, 2.05) is 0 Å². The average Bonchev–Trinajstić information content (AvgIpc) is 2.46. The summed E-state index contributed by atoms with van der Waals surface area (Å²) in [5, 5.41) is 20.3. The summed E-state index contributed by atoms with van der Waals surface area (Å²) in [6.07, 6.45) is 3.72. The Bertz CT molecular complexity index is 512. The molecule has 1 fully saturated rings. The zero-order valence-electron chi connectivity index (χ0n) is 12.2. The highest BCUT2D eigenvalue weighted by molar-refractivity contribution is 5.31. The summed E-state index contributed by atoms with van der Waals surface area (Å²) in [5.74, 6) is 0.358. The molecule has 0 saturated heterocycles. The number of rotatable bonds is 3. The normalized spacial score (nSPS) is 27.9. The number of nitrogens with zero attached hydrogens (tertiary/aromatic N) is 1. The molecule has 1 N–H and O–H groups in total. The molecule has 0 aliphatic heterocycles. The van der Waals surface area contributed by atoms with Gasteiger partial charge in [-0.15, -0.1) is 0 Å². The zero-order chi connectivity index (χ0) is 14.8. The lowest BCUT2D eigenvalue weighted by Crippen LogP contribution is -2.32. The highest BCUT2D eigenvalue weighted by Gasteiger charge is 2.42. The van der Waals surface area contributed by atoms with Crippen LogP contribution in [0.1, 0.15) is 56.3 Å². The van der Waals surface area contributed by atoms with Gasteiger partial charge in [-0.25, -0.2) is 4.39 Å². The predicted octanol–water partition coefficient (Wildman–Crippen LogP) is 4.28. The van der Waals surface area contributed by atoms with Gasteiger partial charge >= 0.3 is 0 Å². The van der Waals surface area contributed by atoms with Crippen LogP contribution in [0.3, 0.4) is 0 Å². The van der Waals surface area contributed by atoms with E-state index in [0.717, 1.165) is 32.1 Å². The maximum Gasteiger partial charge on any atom is 0.123 e. The van der Waals surface area contributed by atoms with Gasteiger partial charge in [-0.2, -0.15) is 5.26 Å². The van der Waals surface area contributed by atoms with Crippen molar-refractivity contribution in [3.63, 3.8) is 0 Å². The monoisotopic (exact) mass is 275 g/mol. The Kier molecular flexibility index (Phi) is 4.45. The molecule has 0 heterocycles. The maximum atomic E-state index is 13.2. The SMILES string of the molecule is CCC1CCC(C#N)(C(O)c2ccc(F)cc2C)CC1. The molecule has 1 atom stereocenters. The molecule has 1 saturated carbocycles. The third kappa shape index (κ3) is 2.71. The van der Waals surface area contributed by atoms with Gasteiger partial charge in [0, 0.05) is 0 Å². The van der Waals surface area contributed by atoms with Gasteiger partial charge < -0.3 is 5.11 Å². The maximum absolute atomic E-state index is 13.2. The van der Waals surface area contributed by atoms with Crippen LogP contribution in [0.4, 0.5) is 4.39 Å². The molecule has 1 unspecified atom stereocenters. The molecule has 0 radical (unpaired) electrons. The van der Waals surface area contributed by atoms with Crippen LogP contribution in [-0.4, -0.2) is 5.11 Å². The van der Waals surface area contributed by atoms with Crippen LogP contribution in [0.5, 0.6) is 0 Å². The Labute approximate surface area is 120 Å². The van der Waals surface area contributed by atoms with Crippen molar-refractivity contribution >= 4 is 0 Å². The number of hydrogen-bond acceptors (Lipinski definition) is 2. The predicted molar refractivity (Wildman–Crippen MR) is 76.4 cm³/mol. The smallest absolute Gasteiger partial charge is 0.123 e. The quantitative estimate of drug-likeness (QED) is 0.894. The number of aryl methyl sites for hydroxylation is 1. The molecular weight excluding hydrogens is 253 g/mol. The van der Waals surface area contributed by atoms with Crippen molar-refractivity contribution in [3.8, 4) is 6.07 Å². The van der Waals surface area contributed by atoms with Crippen LogP contribution in [0, 0.1) is 35.4 Å². The first-order valence-electron chi connectivity index (χ1n) is 7.38. The van der Waals surface area contributed by atoms with Gasteiger partial charge in [0.15, 0.2) is 0 Å². The Morgan fingerprint density at radius 2 is 2.10 bits per heavy atom. The van der Waals surface area contributed by atoms with Crippen LogP contribution in [0.2, 0.25) is 0 Å². The molecule has 1 aliphatic rings. The van der Waals surface area contributed by atoms with Crippen molar-refractivity contribution in [1.29, 1.82) is 5.26 Å². The van der Waals surface area contributed by atoms with E-state index in [9.17, 15) is 14.8 Å². The number of benzene rings is 1. The van der Waals surface area contributed by atoms with E-state index >= 15 is 0 Å². The molecule has 2 rings (SSSR count). The standard InChI is InChI=1S/C17H22FNO/c1-3-13-6-8-17(11-19,9-7-13)16(20)15-5-4-14(18)10-12(15)2/h4-5,10,13,16,20H,3,6-9H2,1-2H3. The summed E-state index contributed by atoms with van der Waals surface area (Å²) in [7, 11) is 0. The van der Waals surface area contributed by atoms with Crippen molar-refractivity contribution in [3.05, 3.63) is 35.1 Å². The minimum atomic E-state index is -0.828. The second-order valence-corrected chi connectivity index (χ2v) is 6.02. The first kappa shape index (κ1) is 15.0. The van der Waals surface area contributed by atoms with Crippen LogP contribution < -0.4 is 0 Å². The minimum Gasteiger partial charge on any atom is -0.387 e. The van der Waals surface area contributed by atoms with Crippen LogP contribution in [0.25, 0.3) is 0 Å². The fraction of sp³-hybridized carbons (Fsp3) is 0.588. The molecule has 3 heteroatoms. The Hall–Kier alpha value is -1.40. The number of halogens is 1. The molecule has 0 aromatic heterocycles. The van der Waals surface area contributed by atoms with E-state index in [1.54, 1.807) is 13.0 Å². The fourth-order valence-electron chi connectivity index (χ4n) is 3.29. The number of nitriles is 1. The molecule has 0 bridgehead atoms. The van der Waals surface area contributed by atoms with Crippen molar-refractivity contribution in [2.24, 2.45) is 11.3 Å². The lowest BCUT2D eigenvalue weighted by Gasteiger charge is -2.38. The number of aliphatic hydroxyl groups excluding tert-OH is 1. The van der Waals surface area contributed by atoms with E-state index in [0.29, 0.717) is 17.0 Å². The molecule has 2 nitrogen and oxygen atoms in total. The first-order valence-corrected chi connectivity index (χ1v) is 7.38. The van der Waals surface area contributed by atoms with Gasteiger partial charge in [0.25, 0.3) is 0 Å². The number of aliphatic hydroxyl groups is 1. The van der Waals surface area contributed by atoms with E-state index in [4.69, 9.17) is 0 Å². The Morgan fingerprint density at radius 3 is 2.60 bits per heavy atom. The van der Waals surface area contributed by atoms with E-state index in [1.165, 1.54) is 12.1 Å². The zero-order valence-corrected chi connectivity index (χ0v) is 12.2. The third-order valence-corrected chi connectivity index (χ3v) is 4.85. The summed E-state index contributed by atoms with van der Waals surface area (Å²) >= 11 is 0. The van der Waals surface area contributed by atoms with Gasteiger partial charge in [-0.1, -0.05) is 19.4 Å². The minimum absolute atomic E-state index is 0.306. The van der Waals surface area contributed by atoms with Gasteiger partial charge in [0.05, 0.1) is 17.6 Å². The van der Waals surface area contributed by atoms with Crippen molar-refractivity contribution in [2.75, 3.05) is 0 Å². The average molecular weight is 275 g/mol. The third-order valence-electron chi connectivity index (χ3n) is 4.85. The van der Waals surface area contributed by atoms with Crippen molar-refractivity contribution in [1.82, 2.24) is 0 Å². The number of hydrogen-bond donors (Lipinski definition) is 1. The second-order valence-electron chi connectivity index (χ2n) is 6.02. The lowest BCUT2D eigenvalue weighted by atomic mass is 9.66. The highest BCUT2D eigenvalue weighted by atomic mass is 19.1. The molecule has 20 heavy (non-hydrogen) atoms. The molecule has 0 spiro atoms. The summed E-state index contributed by atoms with van der Waals surface area (Å²) in [6, 6.07) is 6.74. The topological polar surface area (TPSA) is 44.0 Å². The van der Waals surface area contributed by atoms with Crippen molar-refractivity contribution in [2.45, 2.75) is 52.1 Å². The Morgan fingerprint density at radius 1 is 1.45 bits per heavy atom. The molecule has 1 aromatic carbocycles. The Balaban J connectivity index is 2.26. The second kappa shape index (κ2) is 5.93.